The number of ether oxygens (including phenoxy) is 3. The second-order valence-electron chi connectivity index (χ2n) is 19.3. The van der Waals surface area contributed by atoms with Gasteiger partial charge in [-0.05, 0) is 81.9 Å². The van der Waals surface area contributed by atoms with Crippen LogP contribution in [0.2, 0.25) is 0 Å². The van der Waals surface area contributed by atoms with E-state index in [9.17, 15) is 24.1 Å². The van der Waals surface area contributed by atoms with Crippen molar-refractivity contribution in [3.05, 3.63) is 70.2 Å². The molecule has 422 valence electrons. The van der Waals surface area contributed by atoms with Crippen molar-refractivity contribution < 1.29 is 47.6 Å². The lowest BCUT2D eigenvalue weighted by Gasteiger charge is -2.19. The number of aliphatic hydroxyl groups is 1. The van der Waals surface area contributed by atoms with Crippen LogP contribution < -0.4 is 21.5 Å². The molecule has 0 aliphatic rings. The number of benzene rings is 1. The van der Waals surface area contributed by atoms with Gasteiger partial charge in [0, 0.05) is 24.9 Å². The zero-order chi connectivity index (χ0) is 54.0. The minimum Gasteiger partial charge on any atom is -0.462 e. The summed E-state index contributed by atoms with van der Waals surface area (Å²) in [6.45, 7) is 3.85. The Morgan fingerprint density at radius 1 is 0.693 bits per heavy atom. The summed E-state index contributed by atoms with van der Waals surface area (Å²) in [5, 5.41) is 11.8. The molecule has 0 saturated carbocycles. The van der Waals surface area contributed by atoms with Gasteiger partial charge in [-0.15, -0.1) is 0 Å². The van der Waals surface area contributed by atoms with Crippen molar-refractivity contribution in [3.8, 4) is 6.01 Å². The first-order valence-corrected chi connectivity index (χ1v) is 29.5. The van der Waals surface area contributed by atoms with E-state index < -0.39 is 26.4 Å². The monoisotopic (exact) mass is 1070 g/mol. The third-order valence-corrected chi connectivity index (χ3v) is 13.5. The molecular formula is C57H93N6O11P. The van der Waals surface area contributed by atoms with E-state index in [0.29, 0.717) is 24.0 Å². The maximum absolute atomic E-state index is 12.9. The number of allylic oxidation sites excluding steroid dienone is 4. The topological polar surface area (TPSA) is 239 Å². The molecule has 0 fully saturated rings. The zero-order valence-corrected chi connectivity index (χ0v) is 46.5. The number of carbonyl (C=O) groups excluding carboxylic acids is 3. The van der Waals surface area contributed by atoms with E-state index in [0.717, 1.165) is 70.6 Å². The summed E-state index contributed by atoms with van der Waals surface area (Å²) in [7, 11) is -2.41. The van der Waals surface area contributed by atoms with E-state index in [1.807, 2.05) is 0 Å². The molecule has 75 heavy (non-hydrogen) atoms. The Labute approximate surface area is 448 Å². The second-order valence-corrected chi connectivity index (χ2v) is 20.3. The standard InChI is InChI=1S/C57H93N6O11P/c1-3-5-7-9-11-13-15-17-19-21-22-24-26-28-30-32-34-50(65)71-45-49(74-51(66)35-33-31-29-27-25-23-20-18-16-14-12-10-8-6-4-2)46-73-75(69)72-42-40-59-55(67)48-38-36-47(37-39-48)44-63-54-52(60-57(63)68)53(58)61-56(62-54)70-43-41-64/h18-21,36-39,49,64,69H,3-17,22-35,40-46H2,1-2H3,(H,59,67)(H,60,68)(H2,58,61,62)/b20-18+,21-19+. The summed E-state index contributed by atoms with van der Waals surface area (Å²) >= 11 is 0. The summed E-state index contributed by atoms with van der Waals surface area (Å²) in [5.41, 5.74) is 7.07. The number of anilines is 1. The molecule has 18 heteroatoms. The predicted molar refractivity (Wildman–Crippen MR) is 298 cm³/mol. The summed E-state index contributed by atoms with van der Waals surface area (Å²) in [5.74, 6) is -1.16. The average molecular weight is 1070 g/mol. The minimum absolute atomic E-state index is 0.0246. The highest BCUT2D eigenvalue weighted by Gasteiger charge is 2.21. The third-order valence-electron chi connectivity index (χ3n) is 12.7. The number of nitrogens with one attached hydrogen (secondary N) is 2. The largest absolute Gasteiger partial charge is 0.462 e. The van der Waals surface area contributed by atoms with Gasteiger partial charge in [0.2, 0.25) is 0 Å². The van der Waals surface area contributed by atoms with Gasteiger partial charge in [-0.3, -0.25) is 19.0 Å². The van der Waals surface area contributed by atoms with E-state index in [1.54, 1.807) is 24.3 Å². The summed E-state index contributed by atoms with van der Waals surface area (Å²) in [4.78, 5) is 72.7. The van der Waals surface area contributed by atoms with E-state index in [2.05, 4.69) is 58.4 Å². The van der Waals surface area contributed by atoms with Crippen LogP contribution in [0.3, 0.4) is 0 Å². The van der Waals surface area contributed by atoms with Crippen molar-refractivity contribution in [1.29, 1.82) is 0 Å². The van der Waals surface area contributed by atoms with Gasteiger partial charge >= 0.3 is 32.2 Å². The first kappa shape index (κ1) is 64.6. The number of hydrogen-bond donors (Lipinski definition) is 5. The lowest BCUT2D eigenvalue weighted by atomic mass is 10.1. The van der Waals surface area contributed by atoms with Crippen molar-refractivity contribution in [2.24, 2.45) is 0 Å². The van der Waals surface area contributed by atoms with Crippen molar-refractivity contribution in [3.63, 3.8) is 0 Å². The molecule has 2 heterocycles. The molecule has 3 aromatic rings. The molecule has 2 aromatic heterocycles. The smallest absolute Gasteiger partial charge is 0.330 e. The van der Waals surface area contributed by atoms with Gasteiger partial charge in [-0.1, -0.05) is 159 Å². The quantitative estimate of drug-likeness (QED) is 0.0153. The van der Waals surface area contributed by atoms with Gasteiger partial charge in [-0.2, -0.15) is 9.97 Å². The highest BCUT2D eigenvalue weighted by Crippen LogP contribution is 2.32. The van der Waals surface area contributed by atoms with Crippen LogP contribution in [0, 0.1) is 0 Å². The molecule has 1 amide bonds. The van der Waals surface area contributed by atoms with Crippen molar-refractivity contribution >= 4 is 43.4 Å². The molecule has 0 radical (unpaired) electrons. The van der Waals surface area contributed by atoms with Crippen molar-refractivity contribution in [1.82, 2.24) is 24.8 Å². The molecule has 0 aliphatic heterocycles. The molecule has 0 bridgehead atoms. The Kier molecular flexibility index (Phi) is 36.6. The highest BCUT2D eigenvalue weighted by atomic mass is 31.2. The number of aromatic amines is 1. The number of nitrogen functional groups attached to an aromatic ring is 1. The number of nitrogens with two attached hydrogens (primary N) is 1. The van der Waals surface area contributed by atoms with Crippen LogP contribution in [0.4, 0.5) is 5.82 Å². The van der Waals surface area contributed by atoms with Crippen LogP contribution in [-0.2, 0) is 34.7 Å². The fourth-order valence-electron chi connectivity index (χ4n) is 8.37. The Balaban J connectivity index is 1.37. The van der Waals surface area contributed by atoms with Crippen LogP contribution in [0.5, 0.6) is 6.01 Å². The molecule has 2 atom stereocenters. The van der Waals surface area contributed by atoms with Gasteiger partial charge < -0.3 is 49.3 Å². The van der Waals surface area contributed by atoms with Crippen LogP contribution in [-0.4, -0.2) is 93.0 Å². The summed E-state index contributed by atoms with van der Waals surface area (Å²) < 4.78 is 28.8. The number of aromatic nitrogens is 4. The maximum Gasteiger partial charge on any atom is 0.330 e. The van der Waals surface area contributed by atoms with Crippen LogP contribution >= 0.6 is 8.60 Å². The lowest BCUT2D eigenvalue weighted by molar-refractivity contribution is -0.161. The number of imidazole rings is 1. The number of nitrogens with zero attached hydrogens (tertiary/aromatic N) is 3. The zero-order valence-electron chi connectivity index (χ0n) is 45.6. The molecule has 17 nitrogen and oxygen atoms in total. The van der Waals surface area contributed by atoms with E-state index in [4.69, 9.17) is 34.1 Å². The number of H-pyrrole nitrogens is 1. The van der Waals surface area contributed by atoms with Crippen LogP contribution in [0.15, 0.2) is 53.4 Å². The molecule has 6 N–H and O–H groups in total. The Bertz CT molecular complexity index is 2100. The van der Waals surface area contributed by atoms with Crippen molar-refractivity contribution in [2.75, 3.05) is 45.3 Å². The number of carbonyl (C=O) groups is 3. The second kappa shape index (κ2) is 42.4. The summed E-state index contributed by atoms with van der Waals surface area (Å²) in [6, 6.07) is 6.54. The van der Waals surface area contributed by atoms with E-state index in [-0.39, 0.29) is 93.8 Å². The average Bonchev–Trinajstić information content (AvgIpc) is 3.72. The number of fused-ring (bicyclic) bond motifs is 1. The molecular weight excluding hydrogens is 976 g/mol. The fraction of sp³-hybridized carbons (Fsp3) is 0.684. The van der Waals surface area contributed by atoms with Crippen molar-refractivity contribution in [2.45, 2.75) is 213 Å². The Morgan fingerprint density at radius 3 is 1.76 bits per heavy atom. The molecule has 2 unspecified atom stereocenters. The number of hydrogen-bond acceptors (Lipinski definition) is 14. The van der Waals surface area contributed by atoms with E-state index >= 15 is 0 Å². The SMILES string of the molecule is CCCCCCCC/C=C/CCCCCCCC(=O)OC(COC(=O)CCCCCCC/C=C/CCCCCCCCC)COP(O)OCCNC(=O)c1ccc(Cn2c(=O)[nH]c3c(N)nc(OCCO)nc32)cc1. The summed E-state index contributed by atoms with van der Waals surface area (Å²) in [6.07, 6.45) is 40.3. The predicted octanol–water partition coefficient (Wildman–Crippen LogP) is 12.0. The third kappa shape index (κ3) is 30.6. The van der Waals surface area contributed by atoms with Gasteiger partial charge in [0.25, 0.3) is 5.91 Å². The number of unbranched alkanes of at least 4 members (excludes halogenated alkanes) is 23. The van der Waals surface area contributed by atoms with E-state index in [1.165, 1.54) is 94.5 Å². The van der Waals surface area contributed by atoms with Gasteiger partial charge in [0.05, 0.1) is 26.4 Å². The molecule has 0 spiro atoms. The molecule has 0 aliphatic carbocycles. The maximum atomic E-state index is 12.9. The number of amides is 1. The number of esters is 2. The first-order valence-electron chi connectivity index (χ1n) is 28.4. The Morgan fingerprint density at radius 2 is 1.21 bits per heavy atom. The number of rotatable bonds is 47. The normalized spacial score (nSPS) is 12.5. The highest BCUT2D eigenvalue weighted by molar-refractivity contribution is 7.40. The Hall–Kier alpha value is -4.67. The van der Waals surface area contributed by atoms with Gasteiger partial charge in [0.1, 0.15) is 18.7 Å². The van der Waals surface area contributed by atoms with Crippen LogP contribution in [0.25, 0.3) is 11.2 Å². The number of aliphatic hydroxyl groups excluding tert-OH is 1. The lowest BCUT2D eigenvalue weighted by Crippen LogP contribution is -2.29. The minimum atomic E-state index is -2.41. The molecule has 0 saturated heterocycles. The van der Waals surface area contributed by atoms with Crippen LogP contribution in [0.1, 0.15) is 216 Å². The first-order chi connectivity index (χ1) is 36.6. The van der Waals surface area contributed by atoms with Gasteiger partial charge in [0.15, 0.2) is 17.6 Å². The van der Waals surface area contributed by atoms with Gasteiger partial charge in [-0.25, -0.2) is 4.79 Å². The fourth-order valence-corrected chi connectivity index (χ4v) is 8.99. The molecule has 1 aromatic carbocycles. The molecule has 3 rings (SSSR count).